The smallest absolute Gasteiger partial charge is 0.247 e. The van der Waals surface area contributed by atoms with Crippen molar-refractivity contribution in [3.05, 3.63) is 48.5 Å². The number of benzene rings is 2. The Balaban J connectivity index is 1.26. The van der Waals surface area contributed by atoms with Crippen molar-refractivity contribution in [1.82, 2.24) is 25.2 Å². The van der Waals surface area contributed by atoms with Crippen molar-refractivity contribution in [2.24, 2.45) is 11.8 Å². The summed E-state index contributed by atoms with van der Waals surface area (Å²) in [6.45, 7) is 3.93. The first kappa shape index (κ1) is 26.2. The number of hydrogen-bond donors (Lipinski definition) is 3. The lowest BCUT2D eigenvalue weighted by molar-refractivity contribution is -0.145. The Bertz CT molecular complexity index is 1460. The van der Waals surface area contributed by atoms with Gasteiger partial charge < -0.3 is 30.1 Å². The first-order valence-electron chi connectivity index (χ1n) is 13.5. The number of β-amino-alcohol motifs (C(OH)–C–C–N with tert-alkyl or cyclic N) is 1. The number of hydrogen-bond acceptors (Lipinski definition) is 8. The maximum absolute atomic E-state index is 13.8. The van der Waals surface area contributed by atoms with Crippen LogP contribution in [0.15, 0.2) is 48.5 Å². The van der Waals surface area contributed by atoms with Crippen LogP contribution in [0, 0.1) is 11.8 Å². The summed E-state index contributed by atoms with van der Waals surface area (Å²) < 4.78 is 13.6. The molecule has 3 fully saturated rings. The molecule has 0 aliphatic carbocycles. The number of nitrogens with zero attached hydrogens (tertiary/aromatic N) is 4. The monoisotopic (exact) mass is 548 g/mol. The van der Waals surface area contributed by atoms with Gasteiger partial charge in [0.2, 0.25) is 17.7 Å². The number of aromatic nitrogens is 3. The summed E-state index contributed by atoms with van der Waals surface area (Å²) in [6.07, 6.45) is 0.960. The van der Waals surface area contributed by atoms with E-state index >= 15 is 0 Å². The number of amides is 3. The molecule has 40 heavy (non-hydrogen) atoms. The fourth-order valence-corrected chi connectivity index (χ4v) is 6.78. The van der Waals surface area contributed by atoms with Gasteiger partial charge in [0.05, 0.1) is 36.2 Å². The molecule has 3 aromatic rings. The highest BCUT2D eigenvalue weighted by Gasteiger charge is 2.77. The van der Waals surface area contributed by atoms with Crippen molar-refractivity contribution in [3.8, 4) is 5.75 Å². The van der Waals surface area contributed by atoms with Crippen LogP contribution in [0.3, 0.4) is 0 Å². The Morgan fingerprint density at radius 3 is 2.67 bits per heavy atom. The van der Waals surface area contributed by atoms with Gasteiger partial charge in [-0.2, -0.15) is 0 Å². The number of nitrogens with one attached hydrogen (secondary N) is 2. The summed E-state index contributed by atoms with van der Waals surface area (Å²) in [7, 11) is 0. The van der Waals surface area contributed by atoms with Crippen LogP contribution in [0.1, 0.15) is 26.7 Å². The number of carbonyl (C=O) groups is 3. The molecule has 210 valence electrons. The minimum Gasteiger partial charge on any atom is -0.494 e. The topological polar surface area (TPSA) is 148 Å². The van der Waals surface area contributed by atoms with Gasteiger partial charge in [-0.05, 0) is 63.1 Å². The molecule has 1 aromatic heterocycles. The molecule has 4 heterocycles. The second kappa shape index (κ2) is 9.86. The number of aliphatic hydroxyl groups excluding tert-OH is 1. The van der Waals surface area contributed by atoms with Crippen molar-refractivity contribution in [2.45, 2.75) is 50.6 Å². The number of fused-ring (bicyclic) bond motifs is 2. The minimum atomic E-state index is -1.18. The lowest BCUT2D eigenvalue weighted by atomic mass is 9.66. The van der Waals surface area contributed by atoms with E-state index in [9.17, 15) is 19.5 Å². The second-order valence-corrected chi connectivity index (χ2v) is 10.7. The van der Waals surface area contributed by atoms with Crippen LogP contribution >= 0.6 is 0 Å². The molecule has 3 N–H and O–H groups in total. The fourth-order valence-electron chi connectivity index (χ4n) is 6.78. The molecule has 1 spiro atoms. The van der Waals surface area contributed by atoms with Gasteiger partial charge in [0.15, 0.2) is 0 Å². The summed E-state index contributed by atoms with van der Waals surface area (Å²) in [5, 5.41) is 23.8. The van der Waals surface area contributed by atoms with Gasteiger partial charge in [0.1, 0.15) is 29.6 Å². The number of ether oxygens (including phenoxy) is 2. The zero-order valence-electron chi connectivity index (χ0n) is 22.4. The van der Waals surface area contributed by atoms with Gasteiger partial charge in [-0.1, -0.05) is 17.3 Å². The highest BCUT2D eigenvalue weighted by Crippen LogP contribution is 2.63. The van der Waals surface area contributed by atoms with Gasteiger partial charge in [0, 0.05) is 12.2 Å². The third-order valence-electron chi connectivity index (χ3n) is 8.40. The van der Waals surface area contributed by atoms with E-state index < -0.39 is 35.0 Å². The highest BCUT2D eigenvalue weighted by molar-refractivity contribution is 6.02. The van der Waals surface area contributed by atoms with Gasteiger partial charge >= 0.3 is 0 Å². The van der Waals surface area contributed by atoms with Crippen molar-refractivity contribution < 1.29 is 29.0 Å². The summed E-state index contributed by atoms with van der Waals surface area (Å²) >= 11 is 0. The highest BCUT2D eigenvalue weighted by atomic mass is 16.5. The van der Waals surface area contributed by atoms with Crippen LogP contribution in [-0.2, 0) is 25.8 Å². The van der Waals surface area contributed by atoms with E-state index in [0.29, 0.717) is 36.4 Å². The summed E-state index contributed by atoms with van der Waals surface area (Å²) in [5.74, 6) is -2.11. The molecular formula is C28H32N6O6. The number of anilines is 1. The molecule has 3 aliphatic heterocycles. The molecule has 0 saturated carbocycles. The predicted molar refractivity (Wildman–Crippen MR) is 143 cm³/mol. The van der Waals surface area contributed by atoms with Crippen LogP contribution < -0.4 is 15.4 Å². The Hall–Kier alpha value is -4.03. The molecule has 6 rings (SSSR count). The minimum absolute atomic E-state index is 0.0384. The van der Waals surface area contributed by atoms with E-state index in [0.717, 1.165) is 5.52 Å². The van der Waals surface area contributed by atoms with E-state index in [-0.39, 0.29) is 31.6 Å². The van der Waals surface area contributed by atoms with E-state index in [1.807, 2.05) is 38.1 Å². The largest absolute Gasteiger partial charge is 0.494 e. The summed E-state index contributed by atoms with van der Waals surface area (Å²) in [6, 6.07) is 13.4. The maximum atomic E-state index is 13.8. The maximum Gasteiger partial charge on any atom is 0.247 e. The number of carbonyl (C=O) groups excluding carboxylic acids is 3. The van der Waals surface area contributed by atoms with E-state index in [1.165, 1.54) is 4.90 Å². The molecule has 2 unspecified atom stereocenters. The Morgan fingerprint density at radius 2 is 1.93 bits per heavy atom. The number of likely N-dealkylation sites (tertiary alicyclic amines) is 1. The van der Waals surface area contributed by atoms with Gasteiger partial charge in [-0.15, -0.1) is 5.10 Å². The van der Waals surface area contributed by atoms with E-state index in [2.05, 4.69) is 20.9 Å². The molecule has 2 bridgehead atoms. The Kier molecular flexibility index (Phi) is 6.46. The number of aliphatic hydroxyl groups is 1. The van der Waals surface area contributed by atoms with E-state index in [4.69, 9.17) is 9.47 Å². The van der Waals surface area contributed by atoms with Crippen LogP contribution in [0.4, 0.5) is 5.69 Å². The molecule has 2 aromatic carbocycles. The van der Waals surface area contributed by atoms with Crippen LogP contribution in [0.25, 0.3) is 11.0 Å². The molecule has 0 radical (unpaired) electrons. The first-order chi connectivity index (χ1) is 19.3. The Labute approximate surface area is 230 Å². The lowest BCUT2D eigenvalue weighted by Crippen LogP contribution is -2.55. The number of para-hydroxylation sites is 1. The lowest BCUT2D eigenvalue weighted by Gasteiger charge is -2.33. The molecule has 12 heteroatoms. The third kappa shape index (κ3) is 4.01. The zero-order valence-corrected chi connectivity index (χ0v) is 22.4. The fraction of sp³-hybridized carbons (Fsp3) is 0.464. The van der Waals surface area contributed by atoms with Crippen LogP contribution in [0.2, 0.25) is 0 Å². The molecule has 3 amide bonds. The van der Waals surface area contributed by atoms with Crippen molar-refractivity contribution in [1.29, 1.82) is 0 Å². The molecule has 3 saturated heterocycles. The second-order valence-electron chi connectivity index (χ2n) is 10.7. The van der Waals surface area contributed by atoms with Crippen molar-refractivity contribution in [2.75, 3.05) is 25.1 Å². The summed E-state index contributed by atoms with van der Waals surface area (Å²) in [4.78, 5) is 42.6. The molecule has 5 atom stereocenters. The number of rotatable bonds is 9. The zero-order chi connectivity index (χ0) is 28.1. The van der Waals surface area contributed by atoms with Gasteiger partial charge in [-0.25, -0.2) is 4.68 Å². The van der Waals surface area contributed by atoms with Crippen LogP contribution in [-0.4, -0.2) is 79.7 Å². The Morgan fingerprint density at radius 1 is 1.15 bits per heavy atom. The average Bonchev–Trinajstić information content (AvgIpc) is 3.65. The SMILES string of the molecule is CCOc1ccc(NC(=O)[C@@H]2[C@H]3C(=O)N(CCO)C(C(=O)NCn4nnc5ccccc54)C34CC[C@@]2(C)O4)cc1. The molecular weight excluding hydrogens is 516 g/mol. The van der Waals surface area contributed by atoms with Gasteiger partial charge in [-0.3, -0.25) is 14.4 Å². The van der Waals surface area contributed by atoms with Crippen molar-refractivity contribution in [3.63, 3.8) is 0 Å². The third-order valence-corrected chi connectivity index (χ3v) is 8.40. The quantitative estimate of drug-likeness (QED) is 0.363. The average molecular weight is 549 g/mol. The molecule has 3 aliphatic rings. The van der Waals surface area contributed by atoms with E-state index in [1.54, 1.807) is 28.9 Å². The molecule has 12 nitrogen and oxygen atoms in total. The van der Waals surface area contributed by atoms with Crippen LogP contribution in [0.5, 0.6) is 5.75 Å². The van der Waals surface area contributed by atoms with Crippen molar-refractivity contribution >= 4 is 34.4 Å². The standard InChI is InChI=1S/C28H32N6O6/c1-3-39-18-10-8-17(9-11-18)30-24(36)21-22-26(38)33(14-15-35)23(28(22)13-12-27(21,2)40-28)25(37)29-16-34-20-7-5-4-6-19(20)31-32-34/h4-11,21-23,35H,3,12-16H2,1-2H3,(H,29,37)(H,30,36)/t21-,22-,23?,27+,28?/m0/s1. The predicted octanol–water partition coefficient (Wildman–Crippen LogP) is 1.30. The first-order valence-corrected chi connectivity index (χ1v) is 13.5. The summed E-state index contributed by atoms with van der Waals surface area (Å²) in [5.41, 5.74) is -0.0794. The normalized spacial score (nSPS) is 28.6. The van der Waals surface area contributed by atoms with Gasteiger partial charge in [0.25, 0.3) is 0 Å².